The topological polar surface area (TPSA) is 46.9 Å². The monoisotopic (exact) mass is 279 g/mol. The lowest BCUT2D eigenvalue weighted by Crippen LogP contribution is -2.24. The highest BCUT2D eigenvalue weighted by molar-refractivity contribution is 5.98. The molecule has 4 heteroatoms. The molecule has 2 heterocycles. The maximum Gasteiger partial charge on any atom is 0.268 e. The minimum atomic E-state index is -0.0665. The number of nitrogens with zero attached hydrogens (tertiary/aromatic N) is 2. The van der Waals surface area contributed by atoms with Crippen molar-refractivity contribution in [3.8, 4) is 0 Å². The van der Waals surface area contributed by atoms with Crippen molar-refractivity contribution < 1.29 is 4.79 Å². The SMILES string of the molecule is Cc1ccc2c(c1)cc(C(=O)NCc1ccncc1)n2C. The molecule has 1 N–H and O–H groups in total. The molecular weight excluding hydrogens is 262 g/mol. The van der Waals surface area contributed by atoms with Gasteiger partial charge in [0.1, 0.15) is 5.69 Å². The summed E-state index contributed by atoms with van der Waals surface area (Å²) in [5.74, 6) is -0.0665. The fraction of sp³-hybridized carbons (Fsp3) is 0.176. The molecule has 0 unspecified atom stereocenters. The van der Waals surface area contributed by atoms with Crippen LogP contribution in [0.15, 0.2) is 48.8 Å². The molecule has 0 aliphatic rings. The predicted molar refractivity (Wildman–Crippen MR) is 83.1 cm³/mol. The van der Waals surface area contributed by atoms with Gasteiger partial charge in [-0.05, 0) is 42.8 Å². The van der Waals surface area contributed by atoms with E-state index in [0.29, 0.717) is 12.2 Å². The van der Waals surface area contributed by atoms with Gasteiger partial charge < -0.3 is 9.88 Å². The molecule has 0 radical (unpaired) electrons. The van der Waals surface area contributed by atoms with Gasteiger partial charge in [0.2, 0.25) is 0 Å². The van der Waals surface area contributed by atoms with Gasteiger partial charge in [0.05, 0.1) is 0 Å². The highest BCUT2D eigenvalue weighted by Crippen LogP contribution is 2.20. The Bertz CT molecular complexity index is 790. The largest absolute Gasteiger partial charge is 0.347 e. The van der Waals surface area contributed by atoms with Gasteiger partial charge in [-0.15, -0.1) is 0 Å². The summed E-state index contributed by atoms with van der Waals surface area (Å²) in [7, 11) is 1.92. The van der Waals surface area contributed by atoms with E-state index in [2.05, 4.69) is 29.4 Å². The van der Waals surface area contributed by atoms with Crippen LogP contribution in [-0.4, -0.2) is 15.5 Å². The van der Waals surface area contributed by atoms with Crippen LogP contribution in [0, 0.1) is 6.92 Å². The normalized spacial score (nSPS) is 10.8. The Morgan fingerprint density at radius 2 is 1.95 bits per heavy atom. The molecule has 2 aromatic heterocycles. The number of hydrogen-bond acceptors (Lipinski definition) is 2. The second-order valence-corrected chi connectivity index (χ2v) is 5.19. The van der Waals surface area contributed by atoms with Crippen molar-refractivity contribution in [3.05, 3.63) is 65.6 Å². The Morgan fingerprint density at radius 1 is 1.19 bits per heavy atom. The highest BCUT2D eigenvalue weighted by Gasteiger charge is 2.12. The second kappa shape index (κ2) is 5.40. The zero-order valence-electron chi connectivity index (χ0n) is 12.1. The third-order valence-corrected chi connectivity index (χ3v) is 3.63. The van der Waals surface area contributed by atoms with Crippen LogP contribution in [0.2, 0.25) is 0 Å². The number of fused-ring (bicyclic) bond motifs is 1. The summed E-state index contributed by atoms with van der Waals surface area (Å²) >= 11 is 0. The van der Waals surface area contributed by atoms with Crippen LogP contribution in [0.4, 0.5) is 0 Å². The standard InChI is InChI=1S/C17H17N3O/c1-12-3-4-15-14(9-12)10-16(20(15)2)17(21)19-11-13-5-7-18-8-6-13/h3-10H,11H2,1-2H3,(H,19,21). The molecule has 21 heavy (non-hydrogen) atoms. The van der Waals surface area contributed by atoms with Crippen molar-refractivity contribution in [2.45, 2.75) is 13.5 Å². The van der Waals surface area contributed by atoms with Crippen LogP contribution < -0.4 is 5.32 Å². The zero-order chi connectivity index (χ0) is 14.8. The molecule has 3 aromatic rings. The molecule has 0 fully saturated rings. The van der Waals surface area contributed by atoms with Gasteiger partial charge in [0, 0.05) is 36.9 Å². The van der Waals surface area contributed by atoms with Gasteiger partial charge in [0.15, 0.2) is 0 Å². The first-order chi connectivity index (χ1) is 10.1. The third kappa shape index (κ3) is 2.65. The van der Waals surface area contributed by atoms with Gasteiger partial charge in [-0.1, -0.05) is 11.6 Å². The summed E-state index contributed by atoms with van der Waals surface area (Å²) in [5, 5.41) is 4.03. The average Bonchev–Trinajstić information content (AvgIpc) is 2.82. The summed E-state index contributed by atoms with van der Waals surface area (Å²) in [5.41, 5.74) is 3.96. The van der Waals surface area contributed by atoms with E-state index in [0.717, 1.165) is 16.5 Å². The number of hydrogen-bond donors (Lipinski definition) is 1. The van der Waals surface area contributed by atoms with Crippen molar-refractivity contribution in [2.24, 2.45) is 7.05 Å². The number of rotatable bonds is 3. The molecular formula is C17H17N3O. The molecule has 0 saturated heterocycles. The Hall–Kier alpha value is -2.62. The minimum absolute atomic E-state index is 0.0665. The van der Waals surface area contributed by atoms with E-state index in [1.807, 2.05) is 35.9 Å². The van der Waals surface area contributed by atoms with Crippen LogP contribution in [0.25, 0.3) is 10.9 Å². The van der Waals surface area contributed by atoms with Crippen LogP contribution in [0.5, 0.6) is 0 Å². The first kappa shape index (κ1) is 13.4. The van der Waals surface area contributed by atoms with E-state index in [1.54, 1.807) is 12.4 Å². The molecule has 1 aromatic carbocycles. The first-order valence-electron chi connectivity index (χ1n) is 6.88. The van der Waals surface area contributed by atoms with Gasteiger partial charge in [0.25, 0.3) is 5.91 Å². The van der Waals surface area contributed by atoms with Gasteiger partial charge >= 0.3 is 0 Å². The number of pyridine rings is 1. The Morgan fingerprint density at radius 3 is 2.71 bits per heavy atom. The van der Waals surface area contributed by atoms with E-state index < -0.39 is 0 Å². The third-order valence-electron chi connectivity index (χ3n) is 3.63. The van der Waals surface area contributed by atoms with E-state index in [9.17, 15) is 4.79 Å². The molecule has 3 rings (SSSR count). The fourth-order valence-electron chi connectivity index (χ4n) is 2.46. The maximum atomic E-state index is 12.3. The van der Waals surface area contributed by atoms with Crippen LogP contribution in [0.1, 0.15) is 21.6 Å². The maximum absolute atomic E-state index is 12.3. The summed E-state index contributed by atoms with van der Waals surface area (Å²) in [6.07, 6.45) is 3.45. The molecule has 0 spiro atoms. The fourth-order valence-corrected chi connectivity index (χ4v) is 2.46. The Labute approximate surface area is 123 Å². The van der Waals surface area contributed by atoms with Crippen LogP contribution in [0.3, 0.4) is 0 Å². The average molecular weight is 279 g/mol. The molecule has 1 amide bonds. The molecule has 0 atom stereocenters. The molecule has 0 aliphatic heterocycles. The lowest BCUT2D eigenvalue weighted by molar-refractivity contribution is 0.0943. The lowest BCUT2D eigenvalue weighted by Gasteiger charge is -2.06. The Balaban J connectivity index is 1.83. The molecule has 0 bridgehead atoms. The van der Waals surface area contributed by atoms with E-state index in [1.165, 1.54) is 5.56 Å². The molecule has 106 valence electrons. The number of nitrogens with one attached hydrogen (secondary N) is 1. The second-order valence-electron chi connectivity index (χ2n) is 5.19. The predicted octanol–water partition coefficient (Wildman–Crippen LogP) is 2.81. The highest BCUT2D eigenvalue weighted by atomic mass is 16.1. The molecule has 4 nitrogen and oxygen atoms in total. The smallest absolute Gasteiger partial charge is 0.268 e. The van der Waals surface area contributed by atoms with Crippen LogP contribution in [-0.2, 0) is 13.6 Å². The summed E-state index contributed by atoms with van der Waals surface area (Å²) in [6.45, 7) is 2.55. The summed E-state index contributed by atoms with van der Waals surface area (Å²) < 4.78 is 1.93. The van der Waals surface area contributed by atoms with Crippen molar-refractivity contribution >= 4 is 16.8 Å². The van der Waals surface area contributed by atoms with Crippen molar-refractivity contribution in [3.63, 3.8) is 0 Å². The molecule has 0 saturated carbocycles. The lowest BCUT2D eigenvalue weighted by atomic mass is 10.2. The Kier molecular flexibility index (Phi) is 3.44. The summed E-state index contributed by atoms with van der Waals surface area (Å²) in [4.78, 5) is 16.3. The van der Waals surface area contributed by atoms with E-state index >= 15 is 0 Å². The van der Waals surface area contributed by atoms with Crippen LogP contribution >= 0.6 is 0 Å². The number of amides is 1. The first-order valence-corrected chi connectivity index (χ1v) is 6.88. The zero-order valence-corrected chi connectivity index (χ0v) is 12.1. The number of aromatic nitrogens is 2. The van der Waals surface area contributed by atoms with Crippen molar-refractivity contribution in [1.29, 1.82) is 0 Å². The van der Waals surface area contributed by atoms with Gasteiger partial charge in [-0.25, -0.2) is 0 Å². The molecule has 0 aliphatic carbocycles. The number of carbonyl (C=O) groups is 1. The minimum Gasteiger partial charge on any atom is -0.347 e. The number of benzene rings is 1. The quantitative estimate of drug-likeness (QED) is 0.801. The van der Waals surface area contributed by atoms with Gasteiger partial charge in [-0.2, -0.15) is 0 Å². The number of carbonyl (C=O) groups excluding carboxylic acids is 1. The van der Waals surface area contributed by atoms with Gasteiger partial charge in [-0.3, -0.25) is 9.78 Å². The van der Waals surface area contributed by atoms with Crippen molar-refractivity contribution in [1.82, 2.24) is 14.9 Å². The number of aryl methyl sites for hydroxylation is 2. The van der Waals surface area contributed by atoms with Crippen molar-refractivity contribution in [2.75, 3.05) is 0 Å². The van der Waals surface area contributed by atoms with E-state index in [4.69, 9.17) is 0 Å². The van der Waals surface area contributed by atoms with E-state index in [-0.39, 0.29) is 5.91 Å². The summed E-state index contributed by atoms with van der Waals surface area (Å²) in [6, 6.07) is 11.9.